The average molecular weight is 385 g/mol. The number of likely N-dealkylation sites (tertiary alicyclic amines) is 1. The molecule has 1 saturated heterocycles. The van der Waals surface area contributed by atoms with Crippen molar-refractivity contribution in [1.29, 1.82) is 0 Å². The second-order valence-electron chi connectivity index (χ2n) is 8.34. The van der Waals surface area contributed by atoms with Crippen LogP contribution in [0.3, 0.4) is 0 Å². The lowest BCUT2D eigenvalue weighted by Crippen LogP contribution is -2.37. The Kier molecular flexibility index (Phi) is 4.91. The van der Waals surface area contributed by atoms with Crippen molar-refractivity contribution in [2.75, 3.05) is 13.1 Å². The van der Waals surface area contributed by atoms with Gasteiger partial charge >= 0.3 is 0 Å². The molecule has 2 aromatic heterocycles. The van der Waals surface area contributed by atoms with Gasteiger partial charge in [0.15, 0.2) is 5.82 Å². The lowest BCUT2D eigenvalue weighted by Gasteiger charge is -2.33. The van der Waals surface area contributed by atoms with Gasteiger partial charge < -0.3 is 4.57 Å². The van der Waals surface area contributed by atoms with Crippen LogP contribution in [0.4, 0.5) is 4.39 Å². The molecular formula is C20H28FN7. The molecule has 28 heavy (non-hydrogen) atoms. The number of aromatic nitrogens is 6. The van der Waals surface area contributed by atoms with Gasteiger partial charge in [-0.2, -0.15) is 0 Å². The molecular weight excluding hydrogens is 357 g/mol. The third-order valence-corrected chi connectivity index (χ3v) is 6.09. The van der Waals surface area contributed by atoms with Crippen LogP contribution in [0.5, 0.6) is 0 Å². The minimum absolute atomic E-state index is 0.0841. The van der Waals surface area contributed by atoms with E-state index in [0.717, 1.165) is 61.6 Å². The van der Waals surface area contributed by atoms with E-state index in [1.54, 1.807) is 0 Å². The Hall–Kier alpha value is -2.35. The minimum atomic E-state index is -0.236. The van der Waals surface area contributed by atoms with Gasteiger partial charge in [-0.3, -0.25) is 4.90 Å². The largest absolute Gasteiger partial charge is 0.325 e. The summed E-state index contributed by atoms with van der Waals surface area (Å²) in [6, 6.07) is 5.26. The standard InChI is InChI=1S/C20H28FN7/c1-5-20(3,4)28-19(23-24-25-28)13-26-10-8-16(9-11-26)27-14(2)22-17-12-15(21)6-7-18(17)27/h6-7,12,16H,5,8-11,13H2,1-4H3. The summed E-state index contributed by atoms with van der Waals surface area (Å²) >= 11 is 0. The maximum Gasteiger partial charge on any atom is 0.165 e. The fourth-order valence-corrected chi connectivity index (χ4v) is 4.11. The van der Waals surface area contributed by atoms with E-state index < -0.39 is 0 Å². The van der Waals surface area contributed by atoms with Crippen LogP contribution in [0.25, 0.3) is 11.0 Å². The molecule has 0 saturated carbocycles. The fourth-order valence-electron chi connectivity index (χ4n) is 4.11. The van der Waals surface area contributed by atoms with Crippen LogP contribution in [-0.4, -0.2) is 47.7 Å². The number of piperidine rings is 1. The van der Waals surface area contributed by atoms with Crippen LogP contribution in [0.15, 0.2) is 18.2 Å². The Morgan fingerprint density at radius 1 is 1.21 bits per heavy atom. The molecule has 8 heteroatoms. The van der Waals surface area contributed by atoms with Crippen molar-refractivity contribution in [3.8, 4) is 0 Å². The summed E-state index contributed by atoms with van der Waals surface area (Å²) in [5, 5.41) is 12.4. The Balaban J connectivity index is 1.47. The summed E-state index contributed by atoms with van der Waals surface area (Å²) < 4.78 is 17.8. The van der Waals surface area contributed by atoms with Crippen molar-refractivity contribution >= 4 is 11.0 Å². The number of aryl methyl sites for hydroxylation is 1. The van der Waals surface area contributed by atoms with E-state index in [4.69, 9.17) is 0 Å². The lowest BCUT2D eigenvalue weighted by molar-refractivity contribution is 0.168. The third-order valence-electron chi connectivity index (χ3n) is 6.09. The second-order valence-corrected chi connectivity index (χ2v) is 8.34. The number of fused-ring (bicyclic) bond motifs is 1. The van der Waals surface area contributed by atoms with E-state index in [1.807, 2.05) is 17.7 Å². The molecule has 1 aliphatic rings. The summed E-state index contributed by atoms with van der Waals surface area (Å²) in [6.45, 7) is 11.2. The molecule has 0 atom stereocenters. The number of rotatable bonds is 5. The first-order chi connectivity index (χ1) is 13.4. The zero-order valence-electron chi connectivity index (χ0n) is 17.1. The molecule has 0 radical (unpaired) electrons. The topological polar surface area (TPSA) is 64.7 Å². The highest BCUT2D eigenvalue weighted by Crippen LogP contribution is 2.29. The first-order valence-electron chi connectivity index (χ1n) is 10.0. The summed E-state index contributed by atoms with van der Waals surface area (Å²) in [7, 11) is 0. The van der Waals surface area contributed by atoms with E-state index in [1.165, 1.54) is 12.1 Å². The van der Waals surface area contributed by atoms with Gasteiger partial charge in [0.25, 0.3) is 0 Å². The van der Waals surface area contributed by atoms with Gasteiger partial charge in [0.05, 0.1) is 23.1 Å². The number of imidazole rings is 1. The molecule has 1 fully saturated rings. The molecule has 0 bridgehead atoms. The van der Waals surface area contributed by atoms with Crippen molar-refractivity contribution in [2.24, 2.45) is 0 Å². The van der Waals surface area contributed by atoms with Crippen molar-refractivity contribution in [1.82, 2.24) is 34.7 Å². The van der Waals surface area contributed by atoms with E-state index in [0.29, 0.717) is 6.04 Å². The lowest BCUT2D eigenvalue weighted by atomic mass is 10.0. The Morgan fingerprint density at radius 3 is 2.68 bits per heavy atom. The van der Waals surface area contributed by atoms with Gasteiger partial charge in [-0.25, -0.2) is 14.1 Å². The Labute approximate surface area is 164 Å². The minimum Gasteiger partial charge on any atom is -0.325 e. The highest BCUT2D eigenvalue weighted by atomic mass is 19.1. The Bertz CT molecular complexity index is 966. The maximum atomic E-state index is 13.5. The number of nitrogens with zero attached hydrogens (tertiary/aromatic N) is 7. The number of hydrogen-bond acceptors (Lipinski definition) is 5. The second kappa shape index (κ2) is 7.24. The molecule has 0 unspecified atom stereocenters. The molecule has 0 amide bonds. The van der Waals surface area contributed by atoms with Gasteiger partial charge in [-0.1, -0.05) is 6.92 Å². The smallest absolute Gasteiger partial charge is 0.165 e. The van der Waals surface area contributed by atoms with Crippen molar-refractivity contribution < 1.29 is 4.39 Å². The van der Waals surface area contributed by atoms with E-state index in [2.05, 4.69) is 50.7 Å². The molecule has 4 rings (SSSR count). The first-order valence-corrected chi connectivity index (χ1v) is 10.0. The van der Waals surface area contributed by atoms with Crippen LogP contribution < -0.4 is 0 Å². The highest BCUT2D eigenvalue weighted by molar-refractivity contribution is 5.76. The molecule has 0 N–H and O–H groups in total. The fraction of sp³-hybridized carbons (Fsp3) is 0.600. The molecule has 1 aromatic carbocycles. The van der Waals surface area contributed by atoms with Gasteiger partial charge in [0.1, 0.15) is 11.6 Å². The normalized spacial score (nSPS) is 16.9. The van der Waals surface area contributed by atoms with Crippen molar-refractivity contribution in [2.45, 2.75) is 65.1 Å². The first kappa shape index (κ1) is 19.0. The van der Waals surface area contributed by atoms with Crippen LogP contribution in [0, 0.1) is 12.7 Å². The molecule has 150 valence electrons. The van der Waals surface area contributed by atoms with E-state index in [9.17, 15) is 4.39 Å². The SMILES string of the molecule is CCC(C)(C)n1nnnc1CN1CCC(n2c(C)nc3cc(F)ccc32)CC1. The van der Waals surface area contributed by atoms with Crippen LogP contribution >= 0.6 is 0 Å². The monoisotopic (exact) mass is 385 g/mol. The predicted octanol–water partition coefficient (Wildman–Crippen LogP) is 3.45. The zero-order valence-corrected chi connectivity index (χ0v) is 17.1. The molecule has 0 aliphatic carbocycles. The quantitative estimate of drug-likeness (QED) is 0.673. The van der Waals surface area contributed by atoms with Gasteiger partial charge in [0, 0.05) is 25.2 Å². The highest BCUT2D eigenvalue weighted by Gasteiger charge is 2.27. The third kappa shape index (κ3) is 3.41. The maximum absolute atomic E-state index is 13.5. The summed E-state index contributed by atoms with van der Waals surface area (Å²) in [6.07, 6.45) is 3.03. The summed E-state index contributed by atoms with van der Waals surface area (Å²) in [5.41, 5.74) is 1.67. The van der Waals surface area contributed by atoms with Crippen molar-refractivity contribution in [3.63, 3.8) is 0 Å². The summed E-state index contributed by atoms with van der Waals surface area (Å²) in [4.78, 5) is 6.97. The zero-order chi connectivity index (χ0) is 19.9. The average Bonchev–Trinajstić information content (AvgIpc) is 3.26. The predicted molar refractivity (Wildman–Crippen MR) is 105 cm³/mol. The van der Waals surface area contributed by atoms with Gasteiger partial charge in [-0.15, -0.1) is 5.10 Å². The van der Waals surface area contributed by atoms with Crippen molar-refractivity contribution in [3.05, 3.63) is 35.7 Å². The Morgan fingerprint density at radius 2 is 1.96 bits per heavy atom. The molecule has 1 aliphatic heterocycles. The summed E-state index contributed by atoms with van der Waals surface area (Å²) in [5.74, 6) is 1.64. The van der Waals surface area contributed by atoms with Crippen LogP contribution in [0.2, 0.25) is 0 Å². The molecule has 3 aromatic rings. The number of benzene rings is 1. The number of halogens is 1. The number of tetrazole rings is 1. The van der Waals surface area contributed by atoms with E-state index in [-0.39, 0.29) is 11.4 Å². The molecule has 7 nitrogen and oxygen atoms in total. The molecule has 0 spiro atoms. The van der Waals surface area contributed by atoms with Gasteiger partial charge in [-0.05, 0) is 62.6 Å². The van der Waals surface area contributed by atoms with Gasteiger partial charge in [0.2, 0.25) is 0 Å². The molecule has 3 heterocycles. The van der Waals surface area contributed by atoms with Crippen LogP contribution in [-0.2, 0) is 12.1 Å². The van der Waals surface area contributed by atoms with E-state index >= 15 is 0 Å². The van der Waals surface area contributed by atoms with Crippen LogP contribution in [0.1, 0.15) is 57.7 Å². The number of hydrogen-bond donors (Lipinski definition) is 0.